The summed E-state index contributed by atoms with van der Waals surface area (Å²) in [6.45, 7) is 0. The molecule has 6 N–H and O–H groups in total. The van der Waals surface area contributed by atoms with E-state index >= 15 is 0 Å². The molecule has 0 aliphatic rings. The number of primary amides is 2. The number of benzene rings is 1. The average Bonchev–Trinajstić information content (AvgIpc) is 2.84. The van der Waals surface area contributed by atoms with Crippen LogP contribution in [0.1, 0.15) is 10.5 Å². The molecular weight excluding hydrogens is 319 g/mol. The lowest BCUT2D eigenvalue weighted by atomic mass is 10.2. The van der Waals surface area contributed by atoms with Crippen LogP contribution in [0.25, 0.3) is 10.9 Å². The summed E-state index contributed by atoms with van der Waals surface area (Å²) in [5.74, 6) is -2.82. The molecule has 2 rings (SSSR count). The maximum absolute atomic E-state index is 12.0. The molecule has 0 radical (unpaired) electrons. The van der Waals surface area contributed by atoms with Gasteiger partial charge in [0.15, 0.2) is 6.04 Å². The van der Waals surface area contributed by atoms with Crippen LogP contribution in [0.3, 0.4) is 0 Å². The van der Waals surface area contributed by atoms with Crippen LogP contribution in [-0.2, 0) is 9.59 Å². The first-order chi connectivity index (χ1) is 9.81. The highest BCUT2D eigenvalue weighted by Crippen LogP contribution is 2.31. The van der Waals surface area contributed by atoms with Crippen LogP contribution in [0, 0.1) is 0 Å². The van der Waals surface area contributed by atoms with Crippen molar-refractivity contribution in [2.45, 2.75) is 6.04 Å². The number of hydrogen-bond donors (Lipinski definition) is 4. The van der Waals surface area contributed by atoms with Gasteiger partial charge in [0.05, 0.1) is 10.0 Å². The van der Waals surface area contributed by atoms with E-state index in [1.165, 1.54) is 6.07 Å². The number of rotatable bonds is 4. The second kappa shape index (κ2) is 5.63. The molecule has 0 aliphatic carbocycles. The Hall–Kier alpha value is -2.25. The van der Waals surface area contributed by atoms with Gasteiger partial charge >= 0.3 is 0 Å². The van der Waals surface area contributed by atoms with Gasteiger partial charge in [0.1, 0.15) is 5.69 Å². The van der Waals surface area contributed by atoms with E-state index in [0.29, 0.717) is 15.9 Å². The summed E-state index contributed by atoms with van der Waals surface area (Å²) >= 11 is 11.9. The van der Waals surface area contributed by atoms with Gasteiger partial charge in [0.2, 0.25) is 11.8 Å². The standard InChI is InChI=1S/C12H10Cl2N4O3/c13-5-1-2-6-4(8(5)14)3-7(17-6)12(21)18-9(10(15)19)11(16)20/h1-3,9,17H,(H2,15,19)(H2,16,20)(H,18,21). The smallest absolute Gasteiger partial charge is 0.268 e. The molecule has 0 saturated heterocycles. The lowest BCUT2D eigenvalue weighted by Gasteiger charge is -2.10. The summed E-state index contributed by atoms with van der Waals surface area (Å²) in [6, 6.07) is 3.06. The zero-order valence-corrected chi connectivity index (χ0v) is 12.0. The molecule has 0 saturated carbocycles. The Kier molecular flexibility index (Phi) is 4.06. The molecule has 2 aromatic rings. The largest absolute Gasteiger partial charge is 0.367 e. The number of aromatic amines is 1. The number of hydrogen-bond acceptors (Lipinski definition) is 3. The third-order valence-corrected chi connectivity index (χ3v) is 3.60. The highest BCUT2D eigenvalue weighted by molar-refractivity contribution is 6.45. The number of aromatic nitrogens is 1. The van der Waals surface area contributed by atoms with Crippen molar-refractivity contribution in [1.82, 2.24) is 10.3 Å². The molecule has 1 heterocycles. The summed E-state index contributed by atoms with van der Waals surface area (Å²) in [7, 11) is 0. The number of amides is 3. The summed E-state index contributed by atoms with van der Waals surface area (Å²) < 4.78 is 0. The van der Waals surface area contributed by atoms with Crippen molar-refractivity contribution in [1.29, 1.82) is 0 Å². The third-order valence-electron chi connectivity index (χ3n) is 2.78. The maximum Gasteiger partial charge on any atom is 0.268 e. The molecule has 0 fully saturated rings. The molecule has 1 aromatic carbocycles. The number of fused-ring (bicyclic) bond motifs is 1. The first-order valence-electron chi connectivity index (χ1n) is 5.67. The van der Waals surface area contributed by atoms with E-state index in [0.717, 1.165) is 0 Å². The SMILES string of the molecule is NC(=O)C(NC(=O)c1cc2c(Cl)c(Cl)ccc2[nH]1)C(N)=O. The summed E-state index contributed by atoms with van der Waals surface area (Å²) in [5, 5.41) is 3.28. The van der Waals surface area contributed by atoms with E-state index in [9.17, 15) is 14.4 Å². The first-order valence-corrected chi connectivity index (χ1v) is 6.43. The van der Waals surface area contributed by atoms with Gasteiger partial charge in [-0.2, -0.15) is 0 Å². The van der Waals surface area contributed by atoms with Gasteiger partial charge in [-0.3, -0.25) is 14.4 Å². The molecule has 21 heavy (non-hydrogen) atoms. The molecule has 0 bridgehead atoms. The van der Waals surface area contributed by atoms with Crippen molar-refractivity contribution in [3.05, 3.63) is 33.9 Å². The third kappa shape index (κ3) is 2.93. The predicted octanol–water partition coefficient (Wildman–Crippen LogP) is 0.544. The number of halogens is 2. The Morgan fingerprint density at radius 1 is 1.14 bits per heavy atom. The van der Waals surface area contributed by atoms with Crippen LogP contribution in [-0.4, -0.2) is 28.7 Å². The topological polar surface area (TPSA) is 131 Å². The number of nitrogens with one attached hydrogen (secondary N) is 2. The van der Waals surface area contributed by atoms with Crippen LogP contribution in [0.5, 0.6) is 0 Å². The Morgan fingerprint density at radius 3 is 2.33 bits per heavy atom. The van der Waals surface area contributed by atoms with Gasteiger partial charge in [0, 0.05) is 10.9 Å². The van der Waals surface area contributed by atoms with Gasteiger partial charge in [-0.15, -0.1) is 0 Å². The minimum Gasteiger partial charge on any atom is -0.367 e. The second-order valence-electron chi connectivity index (χ2n) is 4.22. The van der Waals surface area contributed by atoms with Crippen molar-refractivity contribution in [3.63, 3.8) is 0 Å². The summed E-state index contributed by atoms with van der Waals surface area (Å²) in [5.41, 5.74) is 10.6. The fourth-order valence-corrected chi connectivity index (χ4v) is 2.14. The quantitative estimate of drug-likeness (QED) is 0.611. The predicted molar refractivity (Wildman–Crippen MR) is 78.0 cm³/mol. The van der Waals surface area contributed by atoms with E-state index < -0.39 is 23.8 Å². The molecular formula is C12H10Cl2N4O3. The van der Waals surface area contributed by atoms with E-state index in [1.54, 1.807) is 12.1 Å². The zero-order valence-electron chi connectivity index (χ0n) is 10.4. The van der Waals surface area contributed by atoms with Gasteiger partial charge in [-0.05, 0) is 18.2 Å². The minimum absolute atomic E-state index is 0.0849. The Bertz CT molecular complexity index is 742. The van der Waals surface area contributed by atoms with Gasteiger partial charge < -0.3 is 21.8 Å². The van der Waals surface area contributed by atoms with E-state index in [2.05, 4.69) is 10.3 Å². The van der Waals surface area contributed by atoms with Crippen LogP contribution in [0.4, 0.5) is 0 Å². The van der Waals surface area contributed by atoms with Crippen molar-refractivity contribution in [2.24, 2.45) is 11.5 Å². The van der Waals surface area contributed by atoms with Crippen molar-refractivity contribution in [2.75, 3.05) is 0 Å². The highest BCUT2D eigenvalue weighted by atomic mass is 35.5. The first kappa shape index (κ1) is 15.1. The Morgan fingerprint density at radius 2 is 1.76 bits per heavy atom. The number of carbonyl (C=O) groups excluding carboxylic acids is 3. The van der Waals surface area contributed by atoms with Crippen LogP contribution < -0.4 is 16.8 Å². The molecule has 1 aromatic heterocycles. The van der Waals surface area contributed by atoms with E-state index in [1.807, 2.05) is 0 Å². The minimum atomic E-state index is -1.59. The lowest BCUT2D eigenvalue weighted by molar-refractivity contribution is -0.128. The summed E-state index contributed by atoms with van der Waals surface area (Å²) in [6.07, 6.45) is 0. The number of carbonyl (C=O) groups is 3. The van der Waals surface area contributed by atoms with Crippen molar-refractivity contribution < 1.29 is 14.4 Å². The van der Waals surface area contributed by atoms with Gasteiger partial charge in [-0.25, -0.2) is 0 Å². The monoisotopic (exact) mass is 328 g/mol. The lowest BCUT2D eigenvalue weighted by Crippen LogP contribution is -2.52. The molecule has 7 nitrogen and oxygen atoms in total. The Balaban J connectivity index is 2.34. The molecule has 0 spiro atoms. The average molecular weight is 329 g/mol. The van der Waals surface area contributed by atoms with Crippen LogP contribution in [0.15, 0.2) is 18.2 Å². The molecule has 110 valence electrons. The fraction of sp³-hybridized carbons (Fsp3) is 0.0833. The normalized spacial score (nSPS) is 10.8. The van der Waals surface area contributed by atoms with Crippen molar-refractivity contribution in [3.8, 4) is 0 Å². The number of nitrogens with two attached hydrogens (primary N) is 2. The molecule has 9 heteroatoms. The zero-order chi connectivity index (χ0) is 15.7. The molecule has 0 unspecified atom stereocenters. The van der Waals surface area contributed by atoms with Crippen LogP contribution in [0.2, 0.25) is 10.0 Å². The second-order valence-corrected chi connectivity index (χ2v) is 5.00. The summed E-state index contributed by atoms with van der Waals surface area (Å²) in [4.78, 5) is 36.9. The van der Waals surface area contributed by atoms with E-state index in [4.69, 9.17) is 34.7 Å². The van der Waals surface area contributed by atoms with Gasteiger partial charge in [-0.1, -0.05) is 23.2 Å². The van der Waals surface area contributed by atoms with E-state index in [-0.39, 0.29) is 10.7 Å². The Labute approximate surface area is 128 Å². The highest BCUT2D eigenvalue weighted by Gasteiger charge is 2.25. The molecule has 0 atom stereocenters. The number of H-pyrrole nitrogens is 1. The maximum atomic E-state index is 12.0. The fourth-order valence-electron chi connectivity index (χ4n) is 1.76. The van der Waals surface area contributed by atoms with Gasteiger partial charge in [0.25, 0.3) is 5.91 Å². The van der Waals surface area contributed by atoms with Crippen molar-refractivity contribution >= 4 is 51.8 Å². The molecule has 0 aliphatic heterocycles. The molecule has 3 amide bonds. The van der Waals surface area contributed by atoms with Crippen LogP contribution >= 0.6 is 23.2 Å².